The van der Waals surface area contributed by atoms with Crippen LogP contribution in [-0.2, 0) is 9.53 Å². The quantitative estimate of drug-likeness (QED) is 0.0963. The van der Waals surface area contributed by atoms with Gasteiger partial charge in [0.1, 0.15) is 0 Å². The van der Waals surface area contributed by atoms with Crippen LogP contribution in [0.15, 0.2) is 0 Å². The largest absolute Gasteiger partial charge is 0.466 e. The fourth-order valence-corrected chi connectivity index (χ4v) is 4.44. The third-order valence-corrected chi connectivity index (χ3v) is 6.67. The van der Waals surface area contributed by atoms with E-state index in [0.29, 0.717) is 13.0 Å². The van der Waals surface area contributed by atoms with E-state index >= 15 is 0 Å². The molecule has 0 atom stereocenters. The van der Waals surface area contributed by atoms with Gasteiger partial charge in [-0.2, -0.15) is 0 Å². The third-order valence-electron chi connectivity index (χ3n) is 6.67. The monoisotopic (exact) mass is 452 g/mol. The summed E-state index contributed by atoms with van der Waals surface area (Å²) in [5.41, 5.74) is 0. The van der Waals surface area contributed by atoms with Crippen LogP contribution >= 0.6 is 0 Å². The summed E-state index contributed by atoms with van der Waals surface area (Å²) in [4.78, 5) is 11.8. The van der Waals surface area contributed by atoms with E-state index in [4.69, 9.17) is 4.74 Å². The van der Waals surface area contributed by atoms with Crippen LogP contribution in [0.3, 0.4) is 0 Å². The zero-order valence-electron chi connectivity index (χ0n) is 22.6. The molecule has 0 heterocycles. The average molecular weight is 453 g/mol. The molecule has 0 aromatic rings. The summed E-state index contributed by atoms with van der Waals surface area (Å²) < 4.78 is 5.40. The molecule has 0 unspecified atom stereocenters. The predicted molar refractivity (Wildman–Crippen MR) is 142 cm³/mol. The molecule has 0 spiro atoms. The molecule has 0 radical (unpaired) electrons. The van der Waals surface area contributed by atoms with Crippen LogP contribution < -0.4 is 0 Å². The highest BCUT2D eigenvalue weighted by molar-refractivity contribution is 5.69. The van der Waals surface area contributed by atoms with E-state index in [-0.39, 0.29) is 5.97 Å². The number of hydrogen-bond donors (Lipinski definition) is 0. The summed E-state index contributed by atoms with van der Waals surface area (Å²) in [6, 6.07) is 0. The first-order valence-corrected chi connectivity index (χ1v) is 14.8. The van der Waals surface area contributed by atoms with E-state index in [1.807, 2.05) is 0 Å². The van der Waals surface area contributed by atoms with E-state index in [1.165, 1.54) is 135 Å². The summed E-state index contributed by atoms with van der Waals surface area (Å²) in [5.74, 6) is 0.887. The van der Waals surface area contributed by atoms with Gasteiger partial charge >= 0.3 is 5.97 Å². The van der Waals surface area contributed by atoms with Gasteiger partial charge in [0.05, 0.1) is 6.61 Å². The van der Waals surface area contributed by atoms with Crippen molar-refractivity contribution in [3.05, 3.63) is 0 Å². The van der Waals surface area contributed by atoms with E-state index in [0.717, 1.165) is 18.8 Å². The molecular formula is C30H60O2. The van der Waals surface area contributed by atoms with Gasteiger partial charge in [0.15, 0.2) is 0 Å². The minimum Gasteiger partial charge on any atom is -0.466 e. The molecule has 192 valence electrons. The lowest BCUT2D eigenvalue weighted by Gasteiger charge is -2.06. The van der Waals surface area contributed by atoms with E-state index in [9.17, 15) is 4.79 Å². The SMILES string of the molecule is CCCCCCCCCCCCCCC(=O)OCCCCCCCCCCCCC(C)C. The maximum Gasteiger partial charge on any atom is 0.305 e. The number of ether oxygens (including phenoxy) is 1. The predicted octanol–water partition coefficient (Wildman–Crippen LogP) is 10.6. The Morgan fingerprint density at radius 1 is 0.531 bits per heavy atom. The number of unbranched alkanes of at least 4 members (excludes halogenated alkanes) is 20. The van der Waals surface area contributed by atoms with Gasteiger partial charge in [-0.25, -0.2) is 0 Å². The van der Waals surface area contributed by atoms with E-state index < -0.39 is 0 Å². The minimum atomic E-state index is 0.0227. The van der Waals surface area contributed by atoms with Crippen LogP contribution in [0.5, 0.6) is 0 Å². The minimum absolute atomic E-state index is 0.0227. The van der Waals surface area contributed by atoms with Crippen molar-refractivity contribution < 1.29 is 9.53 Å². The molecule has 0 saturated carbocycles. The Hall–Kier alpha value is -0.530. The van der Waals surface area contributed by atoms with Crippen LogP contribution in [-0.4, -0.2) is 12.6 Å². The lowest BCUT2D eigenvalue weighted by molar-refractivity contribution is -0.143. The van der Waals surface area contributed by atoms with Crippen molar-refractivity contribution in [2.45, 2.75) is 175 Å². The van der Waals surface area contributed by atoms with Crippen molar-refractivity contribution in [2.24, 2.45) is 5.92 Å². The normalized spacial score (nSPS) is 11.4. The number of esters is 1. The molecule has 0 aliphatic heterocycles. The second-order valence-corrected chi connectivity index (χ2v) is 10.6. The fourth-order valence-electron chi connectivity index (χ4n) is 4.44. The maximum absolute atomic E-state index is 11.8. The molecule has 0 amide bonds. The lowest BCUT2D eigenvalue weighted by Crippen LogP contribution is -2.05. The Labute approximate surface area is 203 Å². The van der Waals surface area contributed by atoms with Gasteiger partial charge in [-0.3, -0.25) is 4.79 Å². The first-order valence-electron chi connectivity index (χ1n) is 14.8. The van der Waals surface area contributed by atoms with Gasteiger partial charge in [0.2, 0.25) is 0 Å². The van der Waals surface area contributed by atoms with Crippen LogP contribution in [0, 0.1) is 5.92 Å². The maximum atomic E-state index is 11.8. The highest BCUT2D eigenvalue weighted by Crippen LogP contribution is 2.14. The first-order chi connectivity index (χ1) is 15.7. The Kier molecular flexibility index (Phi) is 26.3. The van der Waals surface area contributed by atoms with Crippen molar-refractivity contribution in [1.82, 2.24) is 0 Å². The standard InChI is InChI=1S/C30H60O2/c1-4-5-6-7-8-9-10-11-15-18-21-24-27-30(31)32-28-25-22-19-16-13-12-14-17-20-23-26-29(2)3/h29H,4-28H2,1-3H3. The molecular weight excluding hydrogens is 392 g/mol. The van der Waals surface area contributed by atoms with Crippen molar-refractivity contribution in [1.29, 1.82) is 0 Å². The van der Waals surface area contributed by atoms with Crippen molar-refractivity contribution in [2.75, 3.05) is 6.61 Å². The first kappa shape index (κ1) is 31.5. The molecule has 2 heteroatoms. The molecule has 0 saturated heterocycles. The van der Waals surface area contributed by atoms with E-state index in [2.05, 4.69) is 20.8 Å². The molecule has 0 aliphatic carbocycles. The van der Waals surface area contributed by atoms with E-state index in [1.54, 1.807) is 0 Å². The van der Waals surface area contributed by atoms with Gasteiger partial charge < -0.3 is 4.74 Å². The van der Waals surface area contributed by atoms with Gasteiger partial charge in [0.25, 0.3) is 0 Å². The Bertz CT molecular complexity index is 364. The topological polar surface area (TPSA) is 26.3 Å². The summed E-state index contributed by atoms with van der Waals surface area (Å²) in [6.45, 7) is 7.55. The van der Waals surface area contributed by atoms with Crippen molar-refractivity contribution >= 4 is 5.97 Å². The van der Waals surface area contributed by atoms with Gasteiger partial charge in [-0.15, -0.1) is 0 Å². The van der Waals surface area contributed by atoms with Gasteiger partial charge in [-0.1, -0.05) is 156 Å². The van der Waals surface area contributed by atoms with Crippen molar-refractivity contribution in [3.63, 3.8) is 0 Å². The van der Waals surface area contributed by atoms with Gasteiger partial charge in [-0.05, 0) is 18.8 Å². The van der Waals surface area contributed by atoms with Crippen LogP contribution in [0.4, 0.5) is 0 Å². The molecule has 0 fully saturated rings. The average Bonchev–Trinajstić information content (AvgIpc) is 2.77. The second kappa shape index (κ2) is 26.7. The zero-order chi connectivity index (χ0) is 23.5. The molecule has 0 rings (SSSR count). The highest BCUT2D eigenvalue weighted by atomic mass is 16.5. The molecule has 0 N–H and O–H groups in total. The molecule has 0 bridgehead atoms. The Morgan fingerprint density at radius 3 is 1.34 bits per heavy atom. The fraction of sp³-hybridized carbons (Fsp3) is 0.967. The van der Waals surface area contributed by atoms with Gasteiger partial charge in [0, 0.05) is 6.42 Å². The number of carbonyl (C=O) groups is 1. The zero-order valence-corrected chi connectivity index (χ0v) is 22.6. The summed E-state index contributed by atoms with van der Waals surface area (Å²) in [7, 11) is 0. The molecule has 0 aliphatic rings. The van der Waals surface area contributed by atoms with Crippen molar-refractivity contribution in [3.8, 4) is 0 Å². The van der Waals surface area contributed by atoms with Crippen LogP contribution in [0.25, 0.3) is 0 Å². The molecule has 0 aromatic carbocycles. The molecule has 0 aromatic heterocycles. The Morgan fingerprint density at radius 2 is 0.906 bits per heavy atom. The number of hydrogen-bond acceptors (Lipinski definition) is 2. The smallest absolute Gasteiger partial charge is 0.305 e. The van der Waals surface area contributed by atoms with Crippen LogP contribution in [0.2, 0.25) is 0 Å². The number of carbonyl (C=O) groups excluding carboxylic acids is 1. The third kappa shape index (κ3) is 27.5. The summed E-state index contributed by atoms with van der Waals surface area (Å²) >= 11 is 0. The highest BCUT2D eigenvalue weighted by Gasteiger charge is 2.02. The molecule has 32 heavy (non-hydrogen) atoms. The van der Waals surface area contributed by atoms with Crippen LogP contribution in [0.1, 0.15) is 175 Å². The molecule has 2 nitrogen and oxygen atoms in total. The summed E-state index contributed by atoms with van der Waals surface area (Å²) in [6.07, 6.45) is 31.3. The summed E-state index contributed by atoms with van der Waals surface area (Å²) in [5, 5.41) is 0. The Balaban J connectivity index is 3.15. The second-order valence-electron chi connectivity index (χ2n) is 10.6. The lowest BCUT2D eigenvalue weighted by atomic mass is 10.0. The number of rotatable bonds is 26.